The molecule has 0 atom stereocenters. The molecule has 0 saturated carbocycles. The van der Waals surface area contributed by atoms with Crippen molar-refractivity contribution in [3.63, 3.8) is 0 Å². The lowest BCUT2D eigenvalue weighted by atomic mass is 10.2. The van der Waals surface area contributed by atoms with Gasteiger partial charge in [0, 0.05) is 17.4 Å². The molecule has 0 unspecified atom stereocenters. The van der Waals surface area contributed by atoms with Gasteiger partial charge in [-0.15, -0.1) is 0 Å². The van der Waals surface area contributed by atoms with Gasteiger partial charge in [-0.3, -0.25) is 14.8 Å². The molecule has 2 aromatic carbocycles. The minimum absolute atomic E-state index is 0.279. The van der Waals surface area contributed by atoms with Crippen molar-refractivity contribution in [3.8, 4) is 0 Å². The molecule has 0 aliphatic rings. The van der Waals surface area contributed by atoms with Crippen molar-refractivity contribution in [1.29, 1.82) is 0 Å². The molecule has 0 heterocycles. The topological polar surface area (TPSA) is 115 Å². The third-order valence-electron chi connectivity index (χ3n) is 2.82. The van der Waals surface area contributed by atoms with Gasteiger partial charge in [-0.1, -0.05) is 12.1 Å². The van der Waals surface area contributed by atoms with Crippen molar-refractivity contribution >= 4 is 27.1 Å². The van der Waals surface area contributed by atoms with Crippen molar-refractivity contribution in [1.82, 2.24) is 0 Å². The SMILES string of the molecule is Cc1cccc([N+](=O)[O-])c1S(=O)(=O)Nc1ccc(N)cc1. The number of hydrogen-bond acceptors (Lipinski definition) is 5. The predicted molar refractivity (Wildman–Crippen MR) is 79.5 cm³/mol. The van der Waals surface area contributed by atoms with Crippen LogP contribution < -0.4 is 10.5 Å². The molecule has 21 heavy (non-hydrogen) atoms. The maximum atomic E-state index is 12.4. The first-order chi connectivity index (χ1) is 9.81. The molecule has 0 radical (unpaired) electrons. The van der Waals surface area contributed by atoms with Crippen molar-refractivity contribution in [3.05, 3.63) is 58.1 Å². The lowest BCUT2D eigenvalue weighted by molar-refractivity contribution is -0.387. The van der Waals surface area contributed by atoms with Crippen molar-refractivity contribution < 1.29 is 13.3 Å². The molecule has 3 N–H and O–H groups in total. The average molecular weight is 307 g/mol. The van der Waals surface area contributed by atoms with E-state index in [0.717, 1.165) is 6.07 Å². The van der Waals surface area contributed by atoms with Gasteiger partial charge in [0.2, 0.25) is 0 Å². The van der Waals surface area contributed by atoms with Crippen LogP contribution in [0, 0.1) is 17.0 Å². The standard InChI is InChI=1S/C13H13N3O4S/c1-9-3-2-4-12(16(17)18)13(9)21(19,20)15-11-7-5-10(14)6-8-11/h2-8,15H,14H2,1H3. The van der Waals surface area contributed by atoms with E-state index >= 15 is 0 Å². The number of nitrogens with two attached hydrogens (primary N) is 1. The smallest absolute Gasteiger partial charge is 0.290 e. The number of sulfonamides is 1. The van der Waals surface area contributed by atoms with Crippen LogP contribution in [0.3, 0.4) is 0 Å². The monoisotopic (exact) mass is 307 g/mol. The van der Waals surface area contributed by atoms with E-state index in [0.29, 0.717) is 11.3 Å². The zero-order valence-corrected chi connectivity index (χ0v) is 11.9. The molecule has 0 spiro atoms. The van der Waals surface area contributed by atoms with Gasteiger partial charge in [0.05, 0.1) is 4.92 Å². The second kappa shape index (κ2) is 5.41. The lowest BCUT2D eigenvalue weighted by Gasteiger charge is -2.10. The molecule has 0 amide bonds. The largest absolute Gasteiger partial charge is 0.399 e. The highest BCUT2D eigenvalue weighted by molar-refractivity contribution is 7.93. The Morgan fingerprint density at radius 2 is 1.76 bits per heavy atom. The Kier molecular flexibility index (Phi) is 3.81. The average Bonchev–Trinajstić information content (AvgIpc) is 2.40. The highest BCUT2D eigenvalue weighted by Gasteiger charge is 2.27. The molecule has 0 saturated heterocycles. The van der Waals surface area contributed by atoms with E-state index < -0.39 is 20.6 Å². The molecule has 7 nitrogen and oxygen atoms in total. The molecule has 110 valence electrons. The third-order valence-corrected chi connectivity index (χ3v) is 4.39. The summed E-state index contributed by atoms with van der Waals surface area (Å²) in [6.45, 7) is 1.50. The fourth-order valence-electron chi connectivity index (χ4n) is 1.89. The van der Waals surface area contributed by atoms with Gasteiger partial charge < -0.3 is 5.73 Å². The van der Waals surface area contributed by atoms with Gasteiger partial charge in [0.25, 0.3) is 15.7 Å². The summed E-state index contributed by atoms with van der Waals surface area (Å²) in [6, 6.07) is 10.1. The summed E-state index contributed by atoms with van der Waals surface area (Å²) in [6.07, 6.45) is 0. The number of nitrogens with zero attached hydrogens (tertiary/aromatic N) is 1. The van der Waals surface area contributed by atoms with Crippen molar-refractivity contribution in [2.45, 2.75) is 11.8 Å². The molecule has 0 fully saturated rings. The first-order valence-corrected chi connectivity index (χ1v) is 7.42. The number of nitro groups is 1. The zero-order chi connectivity index (χ0) is 15.6. The van der Waals surface area contributed by atoms with Gasteiger partial charge in [0.1, 0.15) is 0 Å². The fourth-order valence-corrected chi connectivity index (χ4v) is 3.35. The highest BCUT2D eigenvalue weighted by Crippen LogP contribution is 2.28. The molecule has 8 heteroatoms. The van der Waals surface area contributed by atoms with Gasteiger partial charge in [-0.25, -0.2) is 8.42 Å². The molecule has 2 rings (SSSR count). The molecule has 0 aliphatic carbocycles. The fraction of sp³-hybridized carbons (Fsp3) is 0.0769. The predicted octanol–water partition coefficient (Wildman–Crippen LogP) is 2.29. The molecule has 0 aromatic heterocycles. The number of nitrogens with one attached hydrogen (secondary N) is 1. The summed E-state index contributed by atoms with van der Waals surface area (Å²) >= 11 is 0. The second-order valence-corrected chi connectivity index (χ2v) is 6.03. The van der Waals surface area contributed by atoms with Crippen LogP contribution in [0.15, 0.2) is 47.4 Å². The minimum atomic E-state index is -4.07. The Morgan fingerprint density at radius 3 is 2.33 bits per heavy atom. The second-order valence-electron chi connectivity index (χ2n) is 4.41. The Labute approximate surface area is 121 Å². The van der Waals surface area contributed by atoms with Gasteiger partial charge in [-0.2, -0.15) is 0 Å². The van der Waals surface area contributed by atoms with E-state index in [9.17, 15) is 18.5 Å². The van der Waals surface area contributed by atoms with E-state index in [1.807, 2.05) is 0 Å². The van der Waals surface area contributed by atoms with Crippen LogP contribution in [0.25, 0.3) is 0 Å². The first-order valence-electron chi connectivity index (χ1n) is 5.93. The number of aryl methyl sites for hydroxylation is 1. The Hall–Kier alpha value is -2.61. The maximum Gasteiger partial charge on any atom is 0.290 e. The minimum Gasteiger partial charge on any atom is -0.399 e. The van der Waals surface area contributed by atoms with Crippen LogP contribution in [0.2, 0.25) is 0 Å². The Bertz CT molecular complexity index is 786. The van der Waals surface area contributed by atoms with Crippen LogP contribution in [-0.2, 0) is 10.0 Å². The van der Waals surface area contributed by atoms with Crippen LogP contribution in [0.4, 0.5) is 17.1 Å². The molecule has 0 aliphatic heterocycles. The summed E-state index contributed by atoms with van der Waals surface area (Å²) in [5, 5.41) is 11.0. The van der Waals surface area contributed by atoms with E-state index in [1.54, 1.807) is 0 Å². The van der Waals surface area contributed by atoms with Crippen LogP contribution in [0.1, 0.15) is 5.56 Å². The van der Waals surface area contributed by atoms with E-state index in [4.69, 9.17) is 5.73 Å². The molecular weight excluding hydrogens is 294 g/mol. The van der Waals surface area contributed by atoms with Crippen molar-refractivity contribution in [2.24, 2.45) is 0 Å². The lowest BCUT2D eigenvalue weighted by Crippen LogP contribution is -2.16. The van der Waals surface area contributed by atoms with Gasteiger partial charge >= 0.3 is 0 Å². The Morgan fingerprint density at radius 1 is 1.14 bits per heavy atom. The number of anilines is 2. The summed E-state index contributed by atoms with van der Waals surface area (Å²) in [4.78, 5) is 9.96. The number of rotatable bonds is 4. The molecular formula is C13H13N3O4S. The van der Waals surface area contributed by atoms with E-state index in [2.05, 4.69) is 4.72 Å². The number of nitro benzene ring substituents is 1. The first kappa shape index (κ1) is 14.8. The number of nitrogen functional groups attached to an aromatic ring is 1. The van der Waals surface area contributed by atoms with Crippen LogP contribution >= 0.6 is 0 Å². The summed E-state index contributed by atoms with van der Waals surface area (Å²) < 4.78 is 27.1. The van der Waals surface area contributed by atoms with Crippen LogP contribution in [0.5, 0.6) is 0 Å². The summed E-state index contributed by atoms with van der Waals surface area (Å²) in [5.41, 5.74) is 6.13. The van der Waals surface area contributed by atoms with E-state index in [-0.39, 0.29) is 10.6 Å². The van der Waals surface area contributed by atoms with Crippen LogP contribution in [-0.4, -0.2) is 13.3 Å². The molecule has 2 aromatic rings. The maximum absolute atomic E-state index is 12.4. The van der Waals surface area contributed by atoms with Gasteiger partial charge in [-0.05, 0) is 36.8 Å². The van der Waals surface area contributed by atoms with E-state index in [1.165, 1.54) is 43.3 Å². The summed E-state index contributed by atoms with van der Waals surface area (Å²) in [5.74, 6) is 0. The number of hydrogen-bond donors (Lipinski definition) is 2. The third kappa shape index (κ3) is 3.11. The van der Waals surface area contributed by atoms with Gasteiger partial charge in [0.15, 0.2) is 4.90 Å². The highest BCUT2D eigenvalue weighted by atomic mass is 32.2. The summed E-state index contributed by atoms with van der Waals surface area (Å²) in [7, 11) is -4.07. The molecule has 0 bridgehead atoms. The Balaban J connectivity index is 2.49. The normalized spacial score (nSPS) is 11.1. The van der Waals surface area contributed by atoms with Crippen molar-refractivity contribution in [2.75, 3.05) is 10.5 Å². The quantitative estimate of drug-likeness (QED) is 0.511. The number of benzene rings is 2. The zero-order valence-electron chi connectivity index (χ0n) is 11.1.